The summed E-state index contributed by atoms with van der Waals surface area (Å²) in [4.78, 5) is 7.20. The lowest BCUT2D eigenvalue weighted by molar-refractivity contribution is 0.634. The van der Waals surface area contributed by atoms with Gasteiger partial charge in [0.15, 0.2) is 5.82 Å². The summed E-state index contributed by atoms with van der Waals surface area (Å²) in [5.41, 5.74) is 8.06. The average Bonchev–Trinajstić information content (AvgIpc) is 3.14. The summed E-state index contributed by atoms with van der Waals surface area (Å²) in [5.74, 6) is 1.91. The van der Waals surface area contributed by atoms with Gasteiger partial charge in [0, 0.05) is 25.3 Å². The molecular formula is C15H22N4. The molecule has 1 fully saturated rings. The molecule has 0 aromatic carbocycles. The van der Waals surface area contributed by atoms with Crippen LogP contribution in [0.25, 0.3) is 5.65 Å². The predicted octanol–water partition coefficient (Wildman–Crippen LogP) is 2.42. The number of aromatic nitrogens is 2. The van der Waals surface area contributed by atoms with Gasteiger partial charge in [0.05, 0.1) is 5.69 Å². The second kappa shape index (κ2) is 4.85. The maximum atomic E-state index is 5.96. The van der Waals surface area contributed by atoms with E-state index in [1.54, 1.807) is 0 Å². The standard InChI is InChI=1S/C15H22N4/c1-11(2)19(10-12-6-7-12)15-13(9-16)18-8-4-3-5-14(18)17-15/h3-5,8,11-12H,6-7,9-10,16H2,1-2H3. The molecule has 19 heavy (non-hydrogen) atoms. The lowest BCUT2D eigenvalue weighted by atomic mass is 10.2. The Labute approximate surface area is 114 Å². The summed E-state index contributed by atoms with van der Waals surface area (Å²) < 4.78 is 2.11. The van der Waals surface area contributed by atoms with Crippen molar-refractivity contribution in [1.82, 2.24) is 9.38 Å². The molecule has 0 aliphatic heterocycles. The van der Waals surface area contributed by atoms with Gasteiger partial charge in [0.2, 0.25) is 0 Å². The van der Waals surface area contributed by atoms with Crippen LogP contribution < -0.4 is 10.6 Å². The first kappa shape index (κ1) is 12.5. The summed E-state index contributed by atoms with van der Waals surface area (Å²) in [6, 6.07) is 6.54. The topological polar surface area (TPSA) is 46.6 Å². The smallest absolute Gasteiger partial charge is 0.152 e. The van der Waals surface area contributed by atoms with Crippen molar-refractivity contribution in [1.29, 1.82) is 0 Å². The van der Waals surface area contributed by atoms with Gasteiger partial charge >= 0.3 is 0 Å². The van der Waals surface area contributed by atoms with Gasteiger partial charge in [0.1, 0.15) is 5.65 Å². The van der Waals surface area contributed by atoms with Crippen LogP contribution >= 0.6 is 0 Å². The Morgan fingerprint density at radius 1 is 1.42 bits per heavy atom. The Balaban J connectivity index is 2.05. The molecule has 0 radical (unpaired) electrons. The molecule has 2 heterocycles. The summed E-state index contributed by atoms with van der Waals surface area (Å²) >= 11 is 0. The Bertz CT molecular complexity index is 569. The zero-order chi connectivity index (χ0) is 13.4. The van der Waals surface area contributed by atoms with Crippen molar-refractivity contribution in [3.8, 4) is 0 Å². The second-order valence-corrected chi connectivity index (χ2v) is 5.70. The Hall–Kier alpha value is -1.55. The summed E-state index contributed by atoms with van der Waals surface area (Å²) in [6.07, 6.45) is 4.76. The van der Waals surface area contributed by atoms with Gasteiger partial charge in [-0.05, 0) is 44.7 Å². The zero-order valence-corrected chi connectivity index (χ0v) is 11.7. The van der Waals surface area contributed by atoms with E-state index in [1.807, 2.05) is 24.4 Å². The molecule has 0 bridgehead atoms. The molecule has 0 amide bonds. The fourth-order valence-electron chi connectivity index (χ4n) is 2.57. The van der Waals surface area contributed by atoms with Crippen molar-refractivity contribution < 1.29 is 0 Å². The average molecular weight is 258 g/mol. The van der Waals surface area contributed by atoms with Crippen molar-refractivity contribution >= 4 is 11.5 Å². The van der Waals surface area contributed by atoms with Crippen molar-refractivity contribution in [3.63, 3.8) is 0 Å². The third-order valence-electron chi connectivity index (χ3n) is 3.85. The fraction of sp³-hybridized carbons (Fsp3) is 0.533. The third kappa shape index (κ3) is 2.32. The molecule has 3 rings (SSSR count). The number of fused-ring (bicyclic) bond motifs is 1. The van der Waals surface area contributed by atoms with E-state index in [-0.39, 0.29) is 0 Å². The molecule has 2 aromatic heterocycles. The number of hydrogen-bond acceptors (Lipinski definition) is 3. The van der Waals surface area contributed by atoms with Crippen LogP contribution in [-0.2, 0) is 6.54 Å². The number of nitrogens with two attached hydrogens (primary N) is 1. The minimum Gasteiger partial charge on any atom is -0.352 e. The fourth-order valence-corrected chi connectivity index (χ4v) is 2.57. The third-order valence-corrected chi connectivity index (χ3v) is 3.85. The van der Waals surface area contributed by atoms with Crippen LogP contribution in [-0.4, -0.2) is 22.0 Å². The largest absolute Gasteiger partial charge is 0.352 e. The lowest BCUT2D eigenvalue weighted by Gasteiger charge is -2.27. The molecule has 0 unspecified atom stereocenters. The van der Waals surface area contributed by atoms with Crippen LogP contribution in [0.3, 0.4) is 0 Å². The Morgan fingerprint density at radius 2 is 2.21 bits per heavy atom. The maximum absolute atomic E-state index is 5.96. The number of nitrogens with zero attached hydrogens (tertiary/aromatic N) is 3. The molecule has 0 atom stereocenters. The molecular weight excluding hydrogens is 236 g/mol. The Morgan fingerprint density at radius 3 is 2.84 bits per heavy atom. The van der Waals surface area contributed by atoms with Gasteiger partial charge in [0.25, 0.3) is 0 Å². The monoisotopic (exact) mass is 258 g/mol. The van der Waals surface area contributed by atoms with Crippen molar-refractivity contribution in [2.24, 2.45) is 11.7 Å². The van der Waals surface area contributed by atoms with E-state index in [4.69, 9.17) is 10.7 Å². The SMILES string of the molecule is CC(C)N(CC1CC1)c1nc2ccccn2c1CN. The quantitative estimate of drug-likeness (QED) is 0.896. The first-order valence-corrected chi connectivity index (χ1v) is 7.13. The van der Waals surface area contributed by atoms with E-state index in [0.29, 0.717) is 12.6 Å². The van der Waals surface area contributed by atoms with Gasteiger partial charge in [-0.3, -0.25) is 0 Å². The van der Waals surface area contributed by atoms with Crippen LogP contribution in [0, 0.1) is 5.92 Å². The van der Waals surface area contributed by atoms with E-state index in [0.717, 1.165) is 29.6 Å². The van der Waals surface area contributed by atoms with Crippen molar-refractivity contribution in [3.05, 3.63) is 30.1 Å². The van der Waals surface area contributed by atoms with E-state index < -0.39 is 0 Å². The highest BCUT2D eigenvalue weighted by atomic mass is 15.3. The van der Waals surface area contributed by atoms with E-state index in [9.17, 15) is 0 Å². The second-order valence-electron chi connectivity index (χ2n) is 5.70. The van der Waals surface area contributed by atoms with Gasteiger partial charge in [-0.15, -0.1) is 0 Å². The molecule has 1 aliphatic carbocycles. The maximum Gasteiger partial charge on any atom is 0.152 e. The van der Waals surface area contributed by atoms with Gasteiger partial charge < -0.3 is 15.0 Å². The minimum atomic E-state index is 0.454. The summed E-state index contributed by atoms with van der Waals surface area (Å²) in [6.45, 7) is 6.09. The number of rotatable bonds is 5. The van der Waals surface area contributed by atoms with Gasteiger partial charge in [-0.1, -0.05) is 6.07 Å². The number of pyridine rings is 1. The van der Waals surface area contributed by atoms with E-state index in [1.165, 1.54) is 12.8 Å². The Kier molecular flexibility index (Phi) is 3.19. The number of imidazole rings is 1. The van der Waals surface area contributed by atoms with E-state index >= 15 is 0 Å². The van der Waals surface area contributed by atoms with Crippen LogP contribution in [0.4, 0.5) is 5.82 Å². The molecule has 1 aliphatic rings. The lowest BCUT2D eigenvalue weighted by Crippen LogP contribution is -2.34. The summed E-state index contributed by atoms with van der Waals surface area (Å²) in [7, 11) is 0. The molecule has 102 valence electrons. The molecule has 0 saturated heterocycles. The summed E-state index contributed by atoms with van der Waals surface area (Å²) in [5, 5.41) is 0. The van der Waals surface area contributed by atoms with Crippen LogP contribution in [0.1, 0.15) is 32.4 Å². The zero-order valence-electron chi connectivity index (χ0n) is 11.7. The number of hydrogen-bond donors (Lipinski definition) is 1. The highest BCUT2D eigenvalue weighted by molar-refractivity contribution is 5.56. The van der Waals surface area contributed by atoms with Crippen LogP contribution in [0.5, 0.6) is 0 Å². The first-order valence-electron chi connectivity index (χ1n) is 7.13. The molecule has 2 aromatic rings. The minimum absolute atomic E-state index is 0.454. The van der Waals surface area contributed by atoms with Crippen molar-refractivity contribution in [2.75, 3.05) is 11.4 Å². The molecule has 4 nitrogen and oxygen atoms in total. The normalized spacial score (nSPS) is 15.4. The molecule has 4 heteroatoms. The first-order chi connectivity index (χ1) is 9.20. The number of anilines is 1. The van der Waals surface area contributed by atoms with Crippen LogP contribution in [0.15, 0.2) is 24.4 Å². The molecule has 2 N–H and O–H groups in total. The van der Waals surface area contributed by atoms with Gasteiger partial charge in [-0.2, -0.15) is 0 Å². The molecule has 1 saturated carbocycles. The van der Waals surface area contributed by atoms with Crippen molar-refractivity contribution in [2.45, 2.75) is 39.3 Å². The molecule has 0 spiro atoms. The van der Waals surface area contributed by atoms with E-state index in [2.05, 4.69) is 23.1 Å². The van der Waals surface area contributed by atoms with Gasteiger partial charge in [-0.25, -0.2) is 4.98 Å². The van der Waals surface area contributed by atoms with Crippen LogP contribution in [0.2, 0.25) is 0 Å². The highest BCUT2D eigenvalue weighted by Crippen LogP contribution is 2.33. The highest BCUT2D eigenvalue weighted by Gasteiger charge is 2.28. The predicted molar refractivity (Wildman–Crippen MR) is 78.3 cm³/mol.